The van der Waals surface area contributed by atoms with Crippen LogP contribution in [0, 0.1) is 23.0 Å². The van der Waals surface area contributed by atoms with Crippen molar-refractivity contribution in [2.45, 2.75) is 0 Å². The Kier molecular flexibility index (Phi) is 3.31. The summed E-state index contributed by atoms with van der Waals surface area (Å²) < 4.78 is 26.0. The smallest absolute Gasteiger partial charge is 0.173 e. The Hall–Kier alpha value is -1.28. The van der Waals surface area contributed by atoms with Gasteiger partial charge in [-0.3, -0.25) is 4.79 Å². The molecule has 0 aromatic heterocycles. The Bertz CT molecular complexity index is 402. The first kappa shape index (κ1) is 10.8. The molecule has 0 spiro atoms. The lowest BCUT2D eigenvalue weighted by atomic mass is 10.1. The molecule has 0 saturated heterocycles. The molecule has 0 heterocycles. The third kappa shape index (κ3) is 1.96. The molecule has 72 valence electrons. The van der Waals surface area contributed by atoms with Crippen LogP contribution in [-0.2, 0) is 0 Å². The van der Waals surface area contributed by atoms with E-state index in [1.54, 1.807) is 0 Å². The standard InChI is InChI=1S/C9H4BrF2NO/c10-3-9(14)5-1-7(11)6(4-13)8(12)2-5/h1-2H,3H2. The number of Topliss-reactive ketones (excluding diaryl/α,β-unsaturated/α-hetero) is 1. The van der Waals surface area contributed by atoms with E-state index in [-0.39, 0.29) is 10.9 Å². The summed E-state index contributed by atoms with van der Waals surface area (Å²) in [6.07, 6.45) is 0. The molecule has 0 saturated carbocycles. The lowest BCUT2D eigenvalue weighted by molar-refractivity contribution is 0.102. The number of nitrogens with zero attached hydrogens (tertiary/aromatic N) is 1. The van der Waals surface area contributed by atoms with Gasteiger partial charge in [-0.25, -0.2) is 8.78 Å². The lowest BCUT2D eigenvalue weighted by Crippen LogP contribution is -2.03. The fourth-order valence-corrected chi connectivity index (χ4v) is 1.24. The zero-order valence-corrected chi connectivity index (χ0v) is 8.44. The van der Waals surface area contributed by atoms with Gasteiger partial charge in [0.05, 0.1) is 5.33 Å². The summed E-state index contributed by atoms with van der Waals surface area (Å²) in [5.41, 5.74) is -0.757. The number of rotatable bonds is 2. The maximum atomic E-state index is 13.0. The monoisotopic (exact) mass is 259 g/mol. The van der Waals surface area contributed by atoms with Gasteiger partial charge in [0.1, 0.15) is 23.3 Å². The van der Waals surface area contributed by atoms with Crippen molar-refractivity contribution in [3.05, 3.63) is 34.9 Å². The number of carbonyl (C=O) groups is 1. The largest absolute Gasteiger partial charge is 0.293 e. The molecule has 2 nitrogen and oxygen atoms in total. The van der Waals surface area contributed by atoms with Crippen molar-refractivity contribution in [1.82, 2.24) is 0 Å². The van der Waals surface area contributed by atoms with E-state index in [1.807, 2.05) is 0 Å². The van der Waals surface area contributed by atoms with Gasteiger partial charge in [-0.2, -0.15) is 5.26 Å². The van der Waals surface area contributed by atoms with E-state index in [4.69, 9.17) is 5.26 Å². The second kappa shape index (κ2) is 4.29. The van der Waals surface area contributed by atoms with Gasteiger partial charge >= 0.3 is 0 Å². The second-order valence-electron chi connectivity index (χ2n) is 2.48. The molecule has 1 aromatic rings. The van der Waals surface area contributed by atoms with Crippen LogP contribution in [-0.4, -0.2) is 11.1 Å². The van der Waals surface area contributed by atoms with Crippen LogP contribution >= 0.6 is 15.9 Å². The van der Waals surface area contributed by atoms with Gasteiger partial charge in [0.15, 0.2) is 5.78 Å². The molecule has 0 aliphatic carbocycles. The molecule has 0 N–H and O–H groups in total. The molecule has 14 heavy (non-hydrogen) atoms. The van der Waals surface area contributed by atoms with E-state index >= 15 is 0 Å². The Morgan fingerprint density at radius 2 is 1.93 bits per heavy atom. The number of hydrogen-bond acceptors (Lipinski definition) is 2. The summed E-state index contributed by atoms with van der Waals surface area (Å²) in [6, 6.07) is 3.08. The number of benzene rings is 1. The van der Waals surface area contributed by atoms with Gasteiger partial charge in [0.2, 0.25) is 0 Å². The highest BCUT2D eigenvalue weighted by Crippen LogP contribution is 2.15. The summed E-state index contributed by atoms with van der Waals surface area (Å²) in [5, 5.41) is 8.35. The quantitative estimate of drug-likeness (QED) is 0.605. The molecule has 0 radical (unpaired) electrons. The topological polar surface area (TPSA) is 40.9 Å². The molecule has 0 bridgehead atoms. The molecular weight excluding hydrogens is 256 g/mol. The zero-order chi connectivity index (χ0) is 10.7. The molecule has 0 fully saturated rings. The van der Waals surface area contributed by atoms with Crippen molar-refractivity contribution < 1.29 is 13.6 Å². The van der Waals surface area contributed by atoms with E-state index < -0.39 is 23.0 Å². The van der Waals surface area contributed by atoms with E-state index in [0.717, 1.165) is 12.1 Å². The average molecular weight is 260 g/mol. The number of carbonyl (C=O) groups excluding carboxylic acids is 1. The first-order chi connectivity index (χ1) is 6.60. The highest BCUT2D eigenvalue weighted by atomic mass is 79.9. The lowest BCUT2D eigenvalue weighted by Gasteiger charge is -2.00. The van der Waals surface area contributed by atoms with Crippen LogP contribution in [0.1, 0.15) is 15.9 Å². The summed E-state index contributed by atoms with van der Waals surface area (Å²) >= 11 is 2.88. The normalized spacial score (nSPS) is 9.57. The van der Waals surface area contributed by atoms with Crippen molar-refractivity contribution in [1.29, 1.82) is 5.26 Å². The Labute approximate surface area is 87.3 Å². The van der Waals surface area contributed by atoms with Gasteiger partial charge in [-0.05, 0) is 12.1 Å². The molecule has 1 aromatic carbocycles. The van der Waals surface area contributed by atoms with Crippen molar-refractivity contribution in [2.24, 2.45) is 0 Å². The number of hydrogen-bond donors (Lipinski definition) is 0. The number of halogens is 3. The van der Waals surface area contributed by atoms with Crippen LogP contribution in [0.25, 0.3) is 0 Å². The van der Waals surface area contributed by atoms with Crippen molar-refractivity contribution >= 4 is 21.7 Å². The zero-order valence-electron chi connectivity index (χ0n) is 6.85. The molecule has 5 heteroatoms. The molecule has 1 rings (SSSR count). The molecule has 0 aliphatic rings. The maximum Gasteiger partial charge on any atom is 0.173 e. The highest BCUT2D eigenvalue weighted by molar-refractivity contribution is 9.09. The molecule has 0 unspecified atom stereocenters. The predicted octanol–water partition coefficient (Wildman–Crippen LogP) is 2.41. The van der Waals surface area contributed by atoms with Crippen molar-refractivity contribution in [3.63, 3.8) is 0 Å². The average Bonchev–Trinajstić information content (AvgIpc) is 2.16. The first-order valence-corrected chi connectivity index (χ1v) is 4.70. The minimum atomic E-state index is -1.02. The summed E-state index contributed by atoms with van der Waals surface area (Å²) in [7, 11) is 0. The molecular formula is C9H4BrF2NO. The fraction of sp³-hybridized carbons (Fsp3) is 0.111. The number of alkyl halides is 1. The number of nitriles is 1. The predicted molar refractivity (Wildman–Crippen MR) is 49.2 cm³/mol. The van der Waals surface area contributed by atoms with E-state index in [2.05, 4.69) is 15.9 Å². The maximum absolute atomic E-state index is 13.0. The van der Waals surface area contributed by atoms with Gasteiger partial charge in [-0.1, -0.05) is 15.9 Å². The van der Waals surface area contributed by atoms with Crippen LogP contribution in [0.2, 0.25) is 0 Å². The third-order valence-corrected chi connectivity index (χ3v) is 2.11. The minimum absolute atomic E-state index is 0.0161. The van der Waals surface area contributed by atoms with Gasteiger partial charge in [-0.15, -0.1) is 0 Å². The molecule has 0 aliphatic heterocycles. The van der Waals surface area contributed by atoms with Crippen LogP contribution in [0.5, 0.6) is 0 Å². The second-order valence-corrected chi connectivity index (χ2v) is 3.04. The summed E-state index contributed by atoms with van der Waals surface area (Å²) in [6.45, 7) is 0. The first-order valence-electron chi connectivity index (χ1n) is 3.58. The minimum Gasteiger partial charge on any atom is -0.293 e. The van der Waals surface area contributed by atoms with Crippen molar-refractivity contribution in [2.75, 3.05) is 5.33 Å². The Morgan fingerprint density at radius 3 is 2.29 bits per heavy atom. The van der Waals surface area contributed by atoms with Crippen LogP contribution in [0.3, 0.4) is 0 Å². The van der Waals surface area contributed by atoms with E-state index in [1.165, 1.54) is 6.07 Å². The van der Waals surface area contributed by atoms with Gasteiger partial charge < -0.3 is 0 Å². The van der Waals surface area contributed by atoms with E-state index in [9.17, 15) is 13.6 Å². The van der Waals surface area contributed by atoms with E-state index in [0.29, 0.717) is 0 Å². The third-order valence-electron chi connectivity index (χ3n) is 1.60. The molecule has 0 amide bonds. The SMILES string of the molecule is N#Cc1c(F)cc(C(=O)CBr)cc1F. The van der Waals surface area contributed by atoms with Crippen LogP contribution in [0.4, 0.5) is 8.78 Å². The molecule has 0 atom stereocenters. The summed E-state index contributed by atoms with van der Waals surface area (Å²) in [4.78, 5) is 11.1. The fourth-order valence-electron chi connectivity index (χ4n) is 0.918. The van der Waals surface area contributed by atoms with Gasteiger partial charge in [0, 0.05) is 5.56 Å². The summed E-state index contributed by atoms with van der Waals surface area (Å²) in [5.74, 6) is -2.47. The number of ketones is 1. The van der Waals surface area contributed by atoms with Crippen LogP contribution in [0.15, 0.2) is 12.1 Å². The van der Waals surface area contributed by atoms with Gasteiger partial charge in [0.25, 0.3) is 0 Å². The highest BCUT2D eigenvalue weighted by Gasteiger charge is 2.13. The Balaban J connectivity index is 3.29. The van der Waals surface area contributed by atoms with Crippen LogP contribution < -0.4 is 0 Å². The Morgan fingerprint density at radius 1 is 1.43 bits per heavy atom. The van der Waals surface area contributed by atoms with Crippen molar-refractivity contribution in [3.8, 4) is 6.07 Å².